The van der Waals surface area contributed by atoms with Crippen molar-refractivity contribution in [3.05, 3.63) is 28.8 Å². The van der Waals surface area contributed by atoms with Gasteiger partial charge in [0, 0.05) is 6.54 Å². The molecule has 0 aliphatic carbocycles. The van der Waals surface area contributed by atoms with Crippen molar-refractivity contribution in [1.29, 1.82) is 0 Å². The summed E-state index contributed by atoms with van der Waals surface area (Å²) in [5.74, 6) is 0.538. The number of aryl methyl sites for hydroxylation is 2. The van der Waals surface area contributed by atoms with Gasteiger partial charge >= 0.3 is 5.97 Å². The fraction of sp³-hybridized carbons (Fsp3) is 0.533. The van der Waals surface area contributed by atoms with Crippen LogP contribution in [0.25, 0.3) is 0 Å². The number of rotatable bonds is 5. The minimum Gasteiger partial charge on any atom is -0.492 e. The van der Waals surface area contributed by atoms with Crippen molar-refractivity contribution in [1.82, 2.24) is 0 Å². The smallest absolute Gasteiger partial charge is 0.314 e. The Bertz CT molecular complexity index is 443. The van der Waals surface area contributed by atoms with Gasteiger partial charge in [-0.1, -0.05) is 12.1 Å². The van der Waals surface area contributed by atoms with Crippen LogP contribution in [0.4, 0.5) is 0 Å². The van der Waals surface area contributed by atoms with Crippen LogP contribution in [0.3, 0.4) is 0 Å². The lowest BCUT2D eigenvalue weighted by atomic mass is 9.95. The first-order valence-corrected chi connectivity index (χ1v) is 6.33. The van der Waals surface area contributed by atoms with Crippen molar-refractivity contribution in [2.45, 2.75) is 34.2 Å². The third-order valence-electron chi connectivity index (χ3n) is 3.07. The molecule has 0 amide bonds. The van der Waals surface area contributed by atoms with E-state index in [0.29, 0.717) is 6.54 Å². The van der Waals surface area contributed by atoms with E-state index in [4.69, 9.17) is 15.2 Å². The zero-order valence-electron chi connectivity index (χ0n) is 12.4. The van der Waals surface area contributed by atoms with Gasteiger partial charge in [-0.05, 0) is 44.4 Å². The maximum atomic E-state index is 11.6. The number of carbonyl (C=O) groups is 1. The molecule has 0 aromatic heterocycles. The van der Waals surface area contributed by atoms with Crippen LogP contribution in [0, 0.1) is 19.3 Å². The van der Waals surface area contributed by atoms with E-state index in [1.807, 2.05) is 26.0 Å². The van der Waals surface area contributed by atoms with Gasteiger partial charge in [0.25, 0.3) is 0 Å². The van der Waals surface area contributed by atoms with Gasteiger partial charge in [0.15, 0.2) is 0 Å². The first-order chi connectivity index (χ1) is 8.81. The first kappa shape index (κ1) is 15.5. The van der Waals surface area contributed by atoms with E-state index in [1.54, 1.807) is 13.8 Å². The minimum atomic E-state index is -0.666. The van der Waals surface area contributed by atoms with Crippen LogP contribution in [0.2, 0.25) is 0 Å². The number of nitrogens with two attached hydrogens (primary N) is 1. The lowest BCUT2D eigenvalue weighted by Crippen LogP contribution is -2.32. The van der Waals surface area contributed by atoms with Crippen molar-refractivity contribution in [3.63, 3.8) is 0 Å². The van der Waals surface area contributed by atoms with Crippen LogP contribution in [0.5, 0.6) is 5.75 Å². The molecule has 0 spiro atoms. The molecule has 4 nitrogen and oxygen atoms in total. The first-order valence-electron chi connectivity index (χ1n) is 6.33. The molecule has 106 valence electrons. The normalized spacial score (nSPS) is 11.3. The summed E-state index contributed by atoms with van der Waals surface area (Å²) < 4.78 is 10.6. The predicted molar refractivity (Wildman–Crippen MR) is 75.1 cm³/mol. The predicted octanol–water partition coefficient (Wildman–Crippen LogP) is 2.34. The summed E-state index contributed by atoms with van der Waals surface area (Å²) in [6.45, 7) is 8.35. The average Bonchev–Trinajstić information content (AvgIpc) is 2.36. The minimum absolute atomic E-state index is 0.276. The van der Waals surface area contributed by atoms with E-state index in [-0.39, 0.29) is 12.6 Å². The molecular formula is C15H23NO3. The lowest BCUT2D eigenvalue weighted by Gasteiger charge is -2.23. The zero-order chi connectivity index (χ0) is 14.6. The summed E-state index contributed by atoms with van der Waals surface area (Å²) in [7, 11) is 1.39. The second-order valence-electron chi connectivity index (χ2n) is 5.43. The fourth-order valence-corrected chi connectivity index (χ4v) is 1.97. The molecule has 1 rings (SSSR count). The molecule has 1 aromatic carbocycles. The van der Waals surface area contributed by atoms with Crippen molar-refractivity contribution < 1.29 is 14.3 Å². The van der Waals surface area contributed by atoms with Gasteiger partial charge in [-0.2, -0.15) is 0 Å². The van der Waals surface area contributed by atoms with Crippen molar-refractivity contribution >= 4 is 5.97 Å². The van der Waals surface area contributed by atoms with Crippen molar-refractivity contribution in [2.24, 2.45) is 11.1 Å². The van der Waals surface area contributed by atoms with E-state index in [9.17, 15) is 4.79 Å². The zero-order valence-corrected chi connectivity index (χ0v) is 12.4. The number of benzene rings is 1. The monoisotopic (exact) mass is 265 g/mol. The molecule has 0 saturated heterocycles. The highest BCUT2D eigenvalue weighted by atomic mass is 16.5. The number of methoxy groups -OCH3 is 1. The van der Waals surface area contributed by atoms with Crippen LogP contribution in [-0.4, -0.2) is 19.7 Å². The Morgan fingerprint density at radius 1 is 1.26 bits per heavy atom. The SMILES string of the molecule is COC(=O)C(C)(C)COc1c(C)cc(CN)cc1C. The third kappa shape index (κ3) is 3.70. The molecule has 0 aliphatic heterocycles. The molecule has 19 heavy (non-hydrogen) atoms. The molecule has 0 saturated carbocycles. The Morgan fingerprint density at radius 2 is 1.79 bits per heavy atom. The molecule has 0 heterocycles. The van der Waals surface area contributed by atoms with Crippen LogP contribution < -0.4 is 10.5 Å². The number of carbonyl (C=O) groups excluding carboxylic acids is 1. The van der Waals surface area contributed by atoms with E-state index in [0.717, 1.165) is 22.4 Å². The number of hydrogen-bond acceptors (Lipinski definition) is 4. The molecule has 0 unspecified atom stereocenters. The number of hydrogen-bond donors (Lipinski definition) is 1. The quantitative estimate of drug-likeness (QED) is 0.830. The Morgan fingerprint density at radius 3 is 2.21 bits per heavy atom. The summed E-state index contributed by atoms with van der Waals surface area (Å²) in [6.07, 6.45) is 0. The molecule has 0 radical (unpaired) electrons. The van der Waals surface area contributed by atoms with Crippen LogP contribution in [0.1, 0.15) is 30.5 Å². The standard InChI is InChI=1S/C15H23NO3/c1-10-6-12(8-16)7-11(2)13(10)19-9-15(3,4)14(17)18-5/h6-7H,8-9,16H2,1-5H3. The number of esters is 1. The highest BCUT2D eigenvalue weighted by Gasteiger charge is 2.30. The van der Waals surface area contributed by atoms with Crippen LogP contribution in [0.15, 0.2) is 12.1 Å². The summed E-state index contributed by atoms with van der Waals surface area (Å²) in [6, 6.07) is 4.01. The molecule has 0 fully saturated rings. The van der Waals surface area contributed by atoms with Gasteiger partial charge < -0.3 is 15.2 Å². The summed E-state index contributed by atoms with van der Waals surface area (Å²) in [4.78, 5) is 11.6. The van der Waals surface area contributed by atoms with Gasteiger partial charge in [-0.15, -0.1) is 0 Å². The molecule has 0 atom stereocenters. The highest BCUT2D eigenvalue weighted by molar-refractivity contribution is 5.75. The Labute approximate surface area is 114 Å². The molecular weight excluding hydrogens is 242 g/mol. The van der Waals surface area contributed by atoms with Gasteiger partial charge in [-0.25, -0.2) is 0 Å². The van der Waals surface area contributed by atoms with Crippen LogP contribution >= 0.6 is 0 Å². The van der Waals surface area contributed by atoms with Crippen molar-refractivity contribution in [2.75, 3.05) is 13.7 Å². The summed E-state index contributed by atoms with van der Waals surface area (Å²) >= 11 is 0. The summed E-state index contributed by atoms with van der Waals surface area (Å²) in [5.41, 5.74) is 8.11. The van der Waals surface area contributed by atoms with Gasteiger partial charge in [0.2, 0.25) is 0 Å². The maximum Gasteiger partial charge on any atom is 0.314 e. The highest BCUT2D eigenvalue weighted by Crippen LogP contribution is 2.27. The Hall–Kier alpha value is -1.55. The van der Waals surface area contributed by atoms with E-state index >= 15 is 0 Å². The molecule has 1 aromatic rings. The second kappa shape index (κ2) is 6.06. The number of ether oxygens (including phenoxy) is 2. The fourth-order valence-electron chi connectivity index (χ4n) is 1.97. The lowest BCUT2D eigenvalue weighted by molar-refractivity contribution is -0.152. The van der Waals surface area contributed by atoms with E-state index in [1.165, 1.54) is 7.11 Å². The van der Waals surface area contributed by atoms with E-state index in [2.05, 4.69) is 0 Å². The van der Waals surface area contributed by atoms with Gasteiger partial charge in [0.1, 0.15) is 12.4 Å². The summed E-state index contributed by atoms with van der Waals surface area (Å²) in [5, 5.41) is 0. The largest absolute Gasteiger partial charge is 0.492 e. The third-order valence-corrected chi connectivity index (χ3v) is 3.07. The maximum absolute atomic E-state index is 11.6. The molecule has 4 heteroatoms. The molecule has 0 bridgehead atoms. The van der Waals surface area contributed by atoms with Crippen LogP contribution in [-0.2, 0) is 16.1 Å². The van der Waals surface area contributed by atoms with Gasteiger partial charge in [-0.3, -0.25) is 4.79 Å². The molecule has 0 aliphatic rings. The average molecular weight is 265 g/mol. The van der Waals surface area contributed by atoms with E-state index < -0.39 is 5.41 Å². The Balaban J connectivity index is 2.87. The van der Waals surface area contributed by atoms with Gasteiger partial charge in [0.05, 0.1) is 12.5 Å². The second-order valence-corrected chi connectivity index (χ2v) is 5.43. The van der Waals surface area contributed by atoms with Crippen molar-refractivity contribution in [3.8, 4) is 5.75 Å². The Kier molecular flexibility index (Phi) is 4.95. The topological polar surface area (TPSA) is 61.5 Å². The molecule has 2 N–H and O–H groups in total.